The predicted octanol–water partition coefficient (Wildman–Crippen LogP) is 4.08. The summed E-state index contributed by atoms with van der Waals surface area (Å²) in [6, 6.07) is 25.4. The van der Waals surface area contributed by atoms with Gasteiger partial charge >= 0.3 is 5.97 Å². The lowest BCUT2D eigenvalue weighted by Gasteiger charge is -2.32. The van der Waals surface area contributed by atoms with Gasteiger partial charge in [0.15, 0.2) is 0 Å². The second-order valence-electron chi connectivity index (χ2n) is 8.66. The lowest BCUT2D eigenvalue weighted by molar-refractivity contribution is -0.146. The van der Waals surface area contributed by atoms with Crippen molar-refractivity contribution in [2.45, 2.75) is 24.4 Å². The number of methoxy groups -OCH3 is 1. The summed E-state index contributed by atoms with van der Waals surface area (Å²) in [6.07, 6.45) is 0. The molecule has 2 heterocycles. The summed E-state index contributed by atoms with van der Waals surface area (Å²) in [6.45, 7) is 2.03. The van der Waals surface area contributed by atoms with Crippen molar-refractivity contribution in [3.05, 3.63) is 101 Å². The quantitative estimate of drug-likeness (QED) is 0.641. The van der Waals surface area contributed by atoms with Crippen LogP contribution in [0.2, 0.25) is 0 Å². The van der Waals surface area contributed by atoms with Crippen LogP contribution >= 0.6 is 0 Å². The Bertz CT molecular complexity index is 1180. The van der Waals surface area contributed by atoms with Crippen LogP contribution in [-0.4, -0.2) is 26.0 Å². The van der Waals surface area contributed by atoms with Gasteiger partial charge in [-0.15, -0.1) is 0 Å². The van der Waals surface area contributed by atoms with Crippen LogP contribution in [-0.2, 0) is 19.9 Å². The molecular weight excluding hydrogens is 400 g/mol. The van der Waals surface area contributed by atoms with Gasteiger partial charge < -0.3 is 9.64 Å². The van der Waals surface area contributed by atoms with E-state index in [0.29, 0.717) is 0 Å². The molecule has 5 rings (SSSR count). The Morgan fingerprint density at radius 3 is 2.28 bits per heavy atom. The Balaban J connectivity index is 1.80. The van der Waals surface area contributed by atoms with Crippen molar-refractivity contribution in [2.75, 3.05) is 19.1 Å². The third-order valence-electron chi connectivity index (χ3n) is 6.97. The van der Waals surface area contributed by atoms with Gasteiger partial charge in [-0.3, -0.25) is 14.9 Å². The van der Waals surface area contributed by atoms with Crippen molar-refractivity contribution in [2.24, 2.45) is 5.92 Å². The van der Waals surface area contributed by atoms with E-state index >= 15 is 0 Å². The smallest absolute Gasteiger partial charge is 0.311 e. The van der Waals surface area contributed by atoms with E-state index in [9.17, 15) is 9.59 Å². The number of anilines is 1. The maximum Gasteiger partial charge on any atom is 0.311 e. The highest BCUT2D eigenvalue weighted by atomic mass is 16.5. The summed E-state index contributed by atoms with van der Waals surface area (Å²) in [5.74, 6) is -1.39. The maximum atomic E-state index is 14.0. The molecule has 1 spiro atoms. The second kappa shape index (κ2) is 7.61. The number of amides is 1. The lowest BCUT2D eigenvalue weighted by Crippen LogP contribution is -2.49. The number of rotatable bonds is 3. The summed E-state index contributed by atoms with van der Waals surface area (Å²) >= 11 is 0. The van der Waals surface area contributed by atoms with E-state index in [1.807, 2.05) is 85.8 Å². The van der Waals surface area contributed by atoms with Gasteiger partial charge in [-0.1, -0.05) is 78.4 Å². The molecule has 0 saturated carbocycles. The van der Waals surface area contributed by atoms with E-state index < -0.39 is 17.4 Å². The summed E-state index contributed by atoms with van der Waals surface area (Å²) < 4.78 is 5.31. The number of likely N-dealkylation sites (N-methyl/N-ethyl adjacent to an activating group) is 1. The van der Waals surface area contributed by atoms with Crippen LogP contribution in [0.1, 0.15) is 34.2 Å². The number of aryl methyl sites for hydroxylation is 1. The Kier molecular flexibility index (Phi) is 4.86. The largest absolute Gasteiger partial charge is 0.469 e. The molecule has 3 aromatic carbocycles. The van der Waals surface area contributed by atoms with Gasteiger partial charge in [0.2, 0.25) is 0 Å². The third-order valence-corrected chi connectivity index (χ3v) is 6.97. The molecule has 3 aromatic rings. The van der Waals surface area contributed by atoms with Crippen LogP contribution < -0.4 is 10.2 Å². The summed E-state index contributed by atoms with van der Waals surface area (Å²) in [5.41, 5.74) is 3.70. The van der Waals surface area contributed by atoms with E-state index in [0.717, 1.165) is 27.9 Å². The summed E-state index contributed by atoms with van der Waals surface area (Å²) in [5, 5.41) is 3.66. The fraction of sp³-hybridized carbons (Fsp3) is 0.259. The Hall–Kier alpha value is -3.44. The molecule has 0 aliphatic carbocycles. The molecule has 0 unspecified atom stereocenters. The molecule has 0 aromatic heterocycles. The number of nitrogens with one attached hydrogen (secondary N) is 1. The number of nitrogens with zero attached hydrogens (tertiary/aromatic N) is 1. The number of benzene rings is 3. The van der Waals surface area contributed by atoms with Crippen molar-refractivity contribution in [1.82, 2.24) is 5.32 Å². The van der Waals surface area contributed by atoms with Gasteiger partial charge in [0.1, 0.15) is 5.54 Å². The molecule has 1 saturated heterocycles. The average Bonchev–Trinajstić information content (AvgIpc) is 3.30. The lowest BCUT2D eigenvalue weighted by atomic mass is 9.71. The first-order valence-corrected chi connectivity index (χ1v) is 10.8. The average molecular weight is 427 g/mol. The number of para-hydroxylation sites is 1. The first-order chi connectivity index (χ1) is 15.5. The third kappa shape index (κ3) is 2.81. The normalized spacial score (nSPS) is 26.4. The number of carbonyl (C=O) groups is 2. The Morgan fingerprint density at radius 1 is 0.938 bits per heavy atom. The van der Waals surface area contributed by atoms with Crippen LogP contribution in [0, 0.1) is 12.8 Å². The van der Waals surface area contributed by atoms with Crippen LogP contribution in [0.5, 0.6) is 0 Å². The van der Waals surface area contributed by atoms with E-state index in [1.165, 1.54) is 7.11 Å². The highest BCUT2D eigenvalue weighted by Gasteiger charge is 2.65. The van der Waals surface area contributed by atoms with Crippen LogP contribution in [0.3, 0.4) is 0 Å². The van der Waals surface area contributed by atoms with Crippen LogP contribution in [0.25, 0.3) is 0 Å². The van der Waals surface area contributed by atoms with E-state index in [-0.39, 0.29) is 17.9 Å². The number of esters is 1. The highest BCUT2D eigenvalue weighted by Crippen LogP contribution is 2.58. The van der Waals surface area contributed by atoms with Gasteiger partial charge in [-0.25, -0.2) is 0 Å². The zero-order valence-electron chi connectivity index (χ0n) is 18.4. The van der Waals surface area contributed by atoms with Crippen molar-refractivity contribution in [3.63, 3.8) is 0 Å². The van der Waals surface area contributed by atoms with Gasteiger partial charge in [0.05, 0.1) is 13.0 Å². The SMILES string of the molecule is COC(=O)[C@@H]1[C@H](c2ccccc2)N[C@@]2(C(=O)N(C)c3ccccc32)[C@H]1c1ccc(C)cc1. The minimum Gasteiger partial charge on any atom is -0.469 e. The molecule has 5 heteroatoms. The van der Waals surface area contributed by atoms with Gasteiger partial charge in [-0.2, -0.15) is 0 Å². The minimum absolute atomic E-state index is 0.0587. The zero-order valence-corrected chi connectivity index (χ0v) is 18.4. The van der Waals surface area contributed by atoms with Crippen molar-refractivity contribution < 1.29 is 14.3 Å². The van der Waals surface area contributed by atoms with Crippen molar-refractivity contribution in [1.29, 1.82) is 0 Å². The van der Waals surface area contributed by atoms with E-state index in [2.05, 4.69) is 5.32 Å². The monoisotopic (exact) mass is 426 g/mol. The summed E-state index contributed by atoms with van der Waals surface area (Å²) in [4.78, 5) is 29.0. The number of ether oxygens (including phenoxy) is 1. The topological polar surface area (TPSA) is 58.6 Å². The molecule has 1 amide bonds. The zero-order chi connectivity index (χ0) is 22.5. The molecule has 0 radical (unpaired) electrons. The van der Waals surface area contributed by atoms with E-state index in [4.69, 9.17) is 4.74 Å². The molecule has 4 atom stereocenters. The van der Waals surface area contributed by atoms with E-state index in [1.54, 1.807) is 11.9 Å². The molecule has 2 aliphatic rings. The molecule has 1 N–H and O–H groups in total. The molecule has 5 nitrogen and oxygen atoms in total. The van der Waals surface area contributed by atoms with Crippen LogP contribution in [0.4, 0.5) is 5.69 Å². The standard InChI is InChI=1S/C27H26N2O3/c1-17-13-15-18(16-14-17)23-22(25(30)32-3)24(19-9-5-4-6-10-19)28-27(23)20-11-7-8-12-21(20)29(2)26(27)31/h4-16,22-24,28H,1-3H3/t22-,23-,24-,27+/m0/s1. The van der Waals surface area contributed by atoms with Gasteiger partial charge in [0.25, 0.3) is 5.91 Å². The number of carbonyl (C=O) groups excluding carboxylic acids is 2. The number of hydrogen-bond acceptors (Lipinski definition) is 4. The molecule has 2 aliphatic heterocycles. The first kappa shape index (κ1) is 20.5. The highest BCUT2D eigenvalue weighted by molar-refractivity contribution is 6.09. The Labute approximate surface area is 188 Å². The number of fused-ring (bicyclic) bond motifs is 2. The Morgan fingerprint density at radius 2 is 1.59 bits per heavy atom. The fourth-order valence-corrected chi connectivity index (χ4v) is 5.51. The van der Waals surface area contributed by atoms with Crippen molar-refractivity contribution >= 4 is 17.6 Å². The number of hydrogen-bond donors (Lipinski definition) is 1. The molecular formula is C27H26N2O3. The van der Waals surface area contributed by atoms with Gasteiger partial charge in [0, 0.05) is 30.3 Å². The van der Waals surface area contributed by atoms with Gasteiger partial charge in [-0.05, 0) is 24.1 Å². The molecule has 162 valence electrons. The second-order valence-corrected chi connectivity index (χ2v) is 8.66. The predicted molar refractivity (Wildman–Crippen MR) is 123 cm³/mol. The molecule has 32 heavy (non-hydrogen) atoms. The first-order valence-electron chi connectivity index (χ1n) is 10.8. The minimum atomic E-state index is -1.07. The molecule has 0 bridgehead atoms. The summed E-state index contributed by atoms with van der Waals surface area (Å²) in [7, 11) is 3.21. The van der Waals surface area contributed by atoms with Crippen LogP contribution in [0.15, 0.2) is 78.9 Å². The maximum absolute atomic E-state index is 14.0. The van der Waals surface area contributed by atoms with Crippen molar-refractivity contribution in [3.8, 4) is 0 Å². The fourth-order valence-electron chi connectivity index (χ4n) is 5.51. The molecule has 1 fully saturated rings.